The Balaban J connectivity index is 2.35. The molecule has 0 radical (unpaired) electrons. The van der Waals surface area contributed by atoms with E-state index in [0.29, 0.717) is 0 Å². The van der Waals surface area contributed by atoms with Crippen LogP contribution in [-0.4, -0.2) is 35.9 Å². The van der Waals surface area contributed by atoms with Gasteiger partial charge in [-0.1, -0.05) is 0 Å². The van der Waals surface area contributed by atoms with E-state index in [4.69, 9.17) is 4.74 Å². The van der Waals surface area contributed by atoms with E-state index in [-0.39, 0.29) is 12.7 Å². The van der Waals surface area contributed by atoms with Crippen molar-refractivity contribution >= 4 is 5.82 Å². The fourth-order valence-electron chi connectivity index (χ4n) is 2.31. The van der Waals surface area contributed by atoms with Crippen LogP contribution in [-0.2, 0) is 11.3 Å². The number of aromatic nitrogens is 1. The van der Waals surface area contributed by atoms with Gasteiger partial charge in [-0.15, -0.1) is 0 Å². The van der Waals surface area contributed by atoms with Crippen LogP contribution in [0, 0.1) is 13.8 Å². The molecule has 1 aliphatic rings. The van der Waals surface area contributed by atoms with Gasteiger partial charge in [0.2, 0.25) is 0 Å². The van der Waals surface area contributed by atoms with Gasteiger partial charge in [0, 0.05) is 24.3 Å². The number of aryl methyl sites for hydroxylation is 2. The number of aliphatic hydroxyl groups excluding tert-OH is 1. The van der Waals surface area contributed by atoms with Crippen molar-refractivity contribution in [3.05, 3.63) is 22.9 Å². The summed E-state index contributed by atoms with van der Waals surface area (Å²) in [4.78, 5) is 6.78. The maximum absolute atomic E-state index is 9.49. The Kier molecular flexibility index (Phi) is 3.64. The van der Waals surface area contributed by atoms with Gasteiger partial charge in [0.05, 0.1) is 19.3 Å². The predicted octanol–water partition coefficient (Wildman–Crippen LogP) is 1.42. The second-order valence-electron chi connectivity index (χ2n) is 4.67. The average Bonchev–Trinajstić information content (AvgIpc) is 2.28. The zero-order valence-corrected chi connectivity index (χ0v) is 10.7. The molecule has 1 N–H and O–H groups in total. The highest BCUT2D eigenvalue weighted by atomic mass is 16.5. The quantitative estimate of drug-likeness (QED) is 0.843. The third kappa shape index (κ3) is 2.58. The van der Waals surface area contributed by atoms with Crippen molar-refractivity contribution in [2.24, 2.45) is 0 Å². The van der Waals surface area contributed by atoms with Gasteiger partial charge in [0.25, 0.3) is 0 Å². The molecule has 17 heavy (non-hydrogen) atoms. The Labute approximate surface area is 102 Å². The number of rotatable bonds is 2. The molecule has 0 bridgehead atoms. The minimum absolute atomic E-state index is 0.0418. The van der Waals surface area contributed by atoms with Crippen molar-refractivity contribution in [1.29, 1.82) is 0 Å². The largest absolute Gasteiger partial charge is 0.392 e. The van der Waals surface area contributed by atoms with E-state index >= 15 is 0 Å². The summed E-state index contributed by atoms with van der Waals surface area (Å²) in [5.74, 6) is 0.917. The van der Waals surface area contributed by atoms with Crippen molar-refractivity contribution in [1.82, 2.24) is 4.98 Å². The molecule has 0 aromatic carbocycles. The molecule has 4 nitrogen and oxygen atoms in total. The van der Waals surface area contributed by atoms with E-state index < -0.39 is 0 Å². The summed E-state index contributed by atoms with van der Waals surface area (Å²) in [5, 5.41) is 9.49. The third-order valence-corrected chi connectivity index (χ3v) is 3.15. The van der Waals surface area contributed by atoms with Crippen LogP contribution in [0.3, 0.4) is 0 Å². The summed E-state index contributed by atoms with van der Waals surface area (Å²) < 4.78 is 5.53. The molecule has 1 aliphatic heterocycles. The second-order valence-corrected chi connectivity index (χ2v) is 4.67. The summed E-state index contributed by atoms with van der Waals surface area (Å²) in [7, 11) is 0. The second kappa shape index (κ2) is 5.02. The zero-order chi connectivity index (χ0) is 12.4. The van der Waals surface area contributed by atoms with Crippen LogP contribution in [0.2, 0.25) is 0 Å². The molecule has 1 aromatic heterocycles. The Hall–Kier alpha value is -1.13. The molecule has 0 aliphatic carbocycles. The maximum Gasteiger partial charge on any atom is 0.134 e. The Bertz CT molecular complexity index is 407. The number of nitrogens with zero attached hydrogens (tertiary/aromatic N) is 2. The zero-order valence-electron chi connectivity index (χ0n) is 10.7. The molecule has 2 heterocycles. The average molecular weight is 236 g/mol. The molecular weight excluding hydrogens is 216 g/mol. The van der Waals surface area contributed by atoms with Gasteiger partial charge in [-0.3, -0.25) is 0 Å². The smallest absolute Gasteiger partial charge is 0.134 e. The van der Waals surface area contributed by atoms with Gasteiger partial charge in [0.1, 0.15) is 5.82 Å². The fraction of sp³-hybridized carbons (Fsp3) is 0.615. The van der Waals surface area contributed by atoms with Crippen LogP contribution in [0.15, 0.2) is 6.07 Å². The summed E-state index contributed by atoms with van der Waals surface area (Å²) in [5.41, 5.74) is 3.03. The minimum atomic E-state index is 0.0418. The van der Waals surface area contributed by atoms with Crippen molar-refractivity contribution in [2.75, 3.05) is 24.6 Å². The Morgan fingerprint density at radius 2 is 2.29 bits per heavy atom. The normalized spacial score (nSPS) is 20.7. The maximum atomic E-state index is 9.49. The van der Waals surface area contributed by atoms with E-state index in [9.17, 15) is 5.11 Å². The number of ether oxygens (including phenoxy) is 1. The number of anilines is 1. The van der Waals surface area contributed by atoms with Crippen molar-refractivity contribution in [3.8, 4) is 0 Å². The standard InChI is InChI=1S/C13H20N2O2/c1-9-6-10(2)14-13(12(9)8-16)15-4-5-17-11(3)7-15/h6,11,16H,4-5,7-8H2,1-3H3. The van der Waals surface area contributed by atoms with Crippen molar-refractivity contribution in [3.63, 3.8) is 0 Å². The molecule has 4 heteroatoms. The van der Waals surface area contributed by atoms with Gasteiger partial charge < -0.3 is 14.7 Å². The highest BCUT2D eigenvalue weighted by molar-refractivity contribution is 5.51. The molecule has 1 fully saturated rings. The third-order valence-electron chi connectivity index (χ3n) is 3.15. The van der Waals surface area contributed by atoms with Gasteiger partial charge in [-0.2, -0.15) is 0 Å². The lowest BCUT2D eigenvalue weighted by atomic mass is 10.1. The van der Waals surface area contributed by atoms with Gasteiger partial charge in [-0.05, 0) is 32.4 Å². The summed E-state index contributed by atoms with van der Waals surface area (Å²) in [6.07, 6.45) is 0.220. The van der Waals surface area contributed by atoms with Crippen LogP contribution in [0.1, 0.15) is 23.7 Å². The van der Waals surface area contributed by atoms with Crippen molar-refractivity contribution in [2.45, 2.75) is 33.5 Å². The Morgan fingerprint density at radius 3 is 2.94 bits per heavy atom. The molecule has 0 amide bonds. The molecule has 0 spiro atoms. The summed E-state index contributed by atoms with van der Waals surface area (Å²) in [6, 6.07) is 2.01. The molecule has 0 saturated carbocycles. The predicted molar refractivity (Wildman–Crippen MR) is 67.3 cm³/mol. The Morgan fingerprint density at radius 1 is 1.53 bits per heavy atom. The minimum Gasteiger partial charge on any atom is -0.392 e. The number of aliphatic hydroxyl groups is 1. The first kappa shape index (κ1) is 12.3. The van der Waals surface area contributed by atoms with E-state index in [1.807, 2.05) is 19.9 Å². The fourth-order valence-corrected chi connectivity index (χ4v) is 2.31. The van der Waals surface area contributed by atoms with E-state index in [1.54, 1.807) is 0 Å². The van der Waals surface area contributed by atoms with Crippen molar-refractivity contribution < 1.29 is 9.84 Å². The number of pyridine rings is 1. The summed E-state index contributed by atoms with van der Waals surface area (Å²) in [6.45, 7) is 8.51. The summed E-state index contributed by atoms with van der Waals surface area (Å²) >= 11 is 0. The van der Waals surface area contributed by atoms with Crippen LogP contribution in [0.4, 0.5) is 5.82 Å². The monoisotopic (exact) mass is 236 g/mol. The van der Waals surface area contributed by atoms with Crippen LogP contribution >= 0.6 is 0 Å². The lowest BCUT2D eigenvalue weighted by molar-refractivity contribution is 0.0527. The lowest BCUT2D eigenvalue weighted by Gasteiger charge is -2.33. The first-order valence-corrected chi connectivity index (χ1v) is 6.06. The topological polar surface area (TPSA) is 45.6 Å². The number of morpholine rings is 1. The van der Waals surface area contributed by atoms with Crippen LogP contribution in [0.5, 0.6) is 0 Å². The van der Waals surface area contributed by atoms with Gasteiger partial charge in [0.15, 0.2) is 0 Å². The highest BCUT2D eigenvalue weighted by Gasteiger charge is 2.21. The molecule has 1 atom stereocenters. The number of hydrogen-bond acceptors (Lipinski definition) is 4. The SMILES string of the molecule is Cc1cc(C)c(CO)c(N2CCOC(C)C2)n1. The van der Waals surface area contributed by atoms with Crippen LogP contribution in [0.25, 0.3) is 0 Å². The lowest BCUT2D eigenvalue weighted by Crippen LogP contribution is -2.42. The van der Waals surface area contributed by atoms with Crippen LogP contribution < -0.4 is 4.90 Å². The molecule has 1 saturated heterocycles. The van der Waals surface area contributed by atoms with Gasteiger partial charge >= 0.3 is 0 Å². The first-order chi connectivity index (χ1) is 8.11. The van der Waals surface area contributed by atoms with E-state index in [1.165, 1.54) is 0 Å². The highest BCUT2D eigenvalue weighted by Crippen LogP contribution is 2.24. The molecule has 1 aromatic rings. The molecule has 2 rings (SSSR count). The molecular formula is C13H20N2O2. The number of hydrogen-bond donors (Lipinski definition) is 1. The molecule has 1 unspecified atom stereocenters. The first-order valence-electron chi connectivity index (χ1n) is 6.06. The van der Waals surface area contributed by atoms with E-state index in [0.717, 1.165) is 42.3 Å². The van der Waals surface area contributed by atoms with E-state index in [2.05, 4.69) is 16.8 Å². The molecule has 94 valence electrons. The van der Waals surface area contributed by atoms with Gasteiger partial charge in [-0.25, -0.2) is 4.98 Å².